The number of nitriles is 2. The van der Waals surface area contributed by atoms with Gasteiger partial charge in [0.25, 0.3) is 0 Å². The molecule has 2 aromatic heterocycles. The number of hydrogen-bond donors (Lipinski definition) is 0. The Morgan fingerprint density at radius 3 is 1.37 bits per heavy atom. The standard InChI is InChI=1S/C50H30N4/c51-31-33-16-22-46(40(26-33)32-52)54-48-24-19-37(35-12-6-2-7-13-35)28-44(48)45-29-38(20-25-49(45)54)39-17-21-42-43-27-36(34-10-4-1-5-11-34)18-23-47(43)53(50(42)30-39)41-14-8-3-9-15-41/h1-30H. The third-order valence-corrected chi connectivity index (χ3v) is 10.6. The van der Waals surface area contributed by atoms with Gasteiger partial charge in [-0.3, -0.25) is 0 Å². The topological polar surface area (TPSA) is 57.4 Å². The minimum Gasteiger partial charge on any atom is -0.309 e. The number of benzene rings is 8. The monoisotopic (exact) mass is 686 g/mol. The number of nitrogens with zero attached hydrogens (tertiary/aromatic N) is 4. The molecular weight excluding hydrogens is 657 g/mol. The lowest BCUT2D eigenvalue weighted by Crippen LogP contribution is -1.98. The van der Waals surface area contributed by atoms with Gasteiger partial charge < -0.3 is 9.13 Å². The van der Waals surface area contributed by atoms with E-state index in [1.807, 2.05) is 12.1 Å². The summed E-state index contributed by atoms with van der Waals surface area (Å²) < 4.78 is 4.53. The summed E-state index contributed by atoms with van der Waals surface area (Å²) in [5.74, 6) is 0. The summed E-state index contributed by atoms with van der Waals surface area (Å²) >= 11 is 0. The first-order chi connectivity index (χ1) is 26.7. The van der Waals surface area contributed by atoms with Crippen molar-refractivity contribution in [2.24, 2.45) is 0 Å². The van der Waals surface area contributed by atoms with Gasteiger partial charge in [0.15, 0.2) is 0 Å². The lowest BCUT2D eigenvalue weighted by atomic mass is 9.99. The van der Waals surface area contributed by atoms with E-state index in [1.165, 1.54) is 21.9 Å². The summed E-state index contributed by atoms with van der Waals surface area (Å²) in [5, 5.41) is 24.4. The first-order valence-corrected chi connectivity index (χ1v) is 18.0. The molecule has 0 saturated carbocycles. The van der Waals surface area contributed by atoms with Crippen LogP contribution in [-0.4, -0.2) is 9.13 Å². The van der Waals surface area contributed by atoms with Gasteiger partial charge in [-0.2, -0.15) is 10.5 Å². The predicted octanol–water partition coefficient (Wildman–Crippen LogP) is 12.6. The third kappa shape index (κ3) is 4.98. The van der Waals surface area contributed by atoms with Gasteiger partial charge in [0.1, 0.15) is 6.07 Å². The summed E-state index contributed by atoms with van der Waals surface area (Å²) in [6.07, 6.45) is 0. The molecule has 0 radical (unpaired) electrons. The van der Waals surface area contributed by atoms with Crippen molar-refractivity contribution in [2.75, 3.05) is 0 Å². The minimum atomic E-state index is 0.457. The average Bonchev–Trinajstić information content (AvgIpc) is 3.75. The first kappa shape index (κ1) is 31.1. The zero-order chi connectivity index (χ0) is 36.2. The molecule has 0 amide bonds. The van der Waals surface area contributed by atoms with Crippen LogP contribution in [0.5, 0.6) is 0 Å². The normalized spacial score (nSPS) is 11.3. The van der Waals surface area contributed by atoms with Gasteiger partial charge in [-0.15, -0.1) is 0 Å². The summed E-state index contributed by atoms with van der Waals surface area (Å²) in [7, 11) is 0. The van der Waals surface area contributed by atoms with Crippen molar-refractivity contribution in [3.8, 4) is 56.9 Å². The van der Waals surface area contributed by atoms with Crippen molar-refractivity contribution in [3.63, 3.8) is 0 Å². The summed E-state index contributed by atoms with van der Waals surface area (Å²) in [6.45, 7) is 0. The molecule has 250 valence electrons. The SMILES string of the molecule is N#Cc1ccc(-n2c3ccc(-c4ccccc4)cc3c3cc(-c4ccc5c6cc(-c7ccccc7)ccc6n(-c6ccccc6)c5c4)ccc32)c(C#N)c1. The van der Waals surface area contributed by atoms with Crippen molar-refractivity contribution in [1.82, 2.24) is 9.13 Å². The highest BCUT2D eigenvalue weighted by Crippen LogP contribution is 2.40. The van der Waals surface area contributed by atoms with E-state index in [-0.39, 0.29) is 0 Å². The largest absolute Gasteiger partial charge is 0.309 e. The van der Waals surface area contributed by atoms with Crippen molar-refractivity contribution in [1.29, 1.82) is 10.5 Å². The van der Waals surface area contributed by atoms with Crippen LogP contribution in [-0.2, 0) is 0 Å². The van der Waals surface area contributed by atoms with Crippen LogP contribution in [0.25, 0.3) is 88.4 Å². The second-order valence-corrected chi connectivity index (χ2v) is 13.6. The highest BCUT2D eigenvalue weighted by molar-refractivity contribution is 6.13. The summed E-state index contributed by atoms with van der Waals surface area (Å²) in [6, 6.07) is 68.1. The molecule has 10 rings (SSSR count). The number of rotatable bonds is 5. The molecule has 0 aliphatic rings. The van der Waals surface area contributed by atoms with Crippen LogP contribution in [0.2, 0.25) is 0 Å². The smallest absolute Gasteiger partial charge is 0.101 e. The minimum absolute atomic E-state index is 0.457. The van der Waals surface area contributed by atoms with Crippen LogP contribution in [0.4, 0.5) is 0 Å². The fraction of sp³-hybridized carbons (Fsp3) is 0. The predicted molar refractivity (Wildman–Crippen MR) is 221 cm³/mol. The second kappa shape index (κ2) is 12.5. The van der Waals surface area contributed by atoms with Crippen LogP contribution < -0.4 is 0 Å². The fourth-order valence-electron chi connectivity index (χ4n) is 8.03. The molecule has 0 saturated heterocycles. The molecule has 10 aromatic rings. The van der Waals surface area contributed by atoms with Gasteiger partial charge in [0.05, 0.1) is 45.0 Å². The van der Waals surface area contributed by atoms with Gasteiger partial charge in [-0.05, 0) is 106 Å². The summed E-state index contributed by atoms with van der Waals surface area (Å²) in [4.78, 5) is 0. The molecule has 0 N–H and O–H groups in total. The Hall–Kier alpha value is -7.66. The molecule has 4 heteroatoms. The molecule has 0 fully saturated rings. The number of fused-ring (bicyclic) bond motifs is 6. The molecule has 4 nitrogen and oxygen atoms in total. The summed E-state index contributed by atoms with van der Waals surface area (Å²) in [5.41, 5.74) is 13.9. The van der Waals surface area contributed by atoms with Crippen LogP contribution in [0.15, 0.2) is 182 Å². The fourth-order valence-corrected chi connectivity index (χ4v) is 8.03. The Balaban J connectivity index is 1.21. The zero-order valence-corrected chi connectivity index (χ0v) is 29.1. The lowest BCUT2D eigenvalue weighted by Gasteiger charge is -2.11. The molecular formula is C50H30N4. The van der Waals surface area contributed by atoms with Gasteiger partial charge in [-0.25, -0.2) is 0 Å². The average molecular weight is 687 g/mol. The van der Waals surface area contributed by atoms with Gasteiger partial charge in [0, 0.05) is 27.2 Å². The molecule has 0 aliphatic carbocycles. The molecule has 54 heavy (non-hydrogen) atoms. The Morgan fingerprint density at radius 2 is 0.815 bits per heavy atom. The van der Waals surface area contributed by atoms with E-state index in [4.69, 9.17) is 0 Å². The molecule has 0 spiro atoms. The maximum atomic E-state index is 10.2. The Labute approximate surface area is 312 Å². The molecule has 0 bridgehead atoms. The van der Waals surface area contributed by atoms with Crippen molar-refractivity contribution >= 4 is 43.6 Å². The third-order valence-electron chi connectivity index (χ3n) is 10.6. The zero-order valence-electron chi connectivity index (χ0n) is 29.1. The molecule has 0 aliphatic heterocycles. The van der Waals surface area contributed by atoms with E-state index in [0.29, 0.717) is 11.1 Å². The van der Waals surface area contributed by atoms with E-state index in [1.54, 1.807) is 12.1 Å². The highest BCUT2D eigenvalue weighted by Gasteiger charge is 2.19. The number of para-hydroxylation sites is 1. The van der Waals surface area contributed by atoms with Gasteiger partial charge >= 0.3 is 0 Å². The van der Waals surface area contributed by atoms with Crippen molar-refractivity contribution in [2.45, 2.75) is 0 Å². The molecule has 8 aromatic carbocycles. The molecule has 0 atom stereocenters. The van der Waals surface area contributed by atoms with Crippen LogP contribution >= 0.6 is 0 Å². The van der Waals surface area contributed by atoms with E-state index in [0.717, 1.165) is 66.5 Å². The Bertz CT molecular complexity index is 3160. The van der Waals surface area contributed by atoms with Crippen LogP contribution in [0, 0.1) is 22.7 Å². The van der Waals surface area contributed by atoms with E-state index < -0.39 is 0 Å². The highest BCUT2D eigenvalue weighted by atomic mass is 15.0. The maximum absolute atomic E-state index is 10.2. The Kier molecular flexibility index (Phi) is 7.22. The molecule has 0 unspecified atom stereocenters. The number of aromatic nitrogens is 2. The quantitative estimate of drug-likeness (QED) is 0.181. The Morgan fingerprint density at radius 1 is 0.333 bits per heavy atom. The van der Waals surface area contributed by atoms with E-state index >= 15 is 0 Å². The van der Waals surface area contributed by atoms with Gasteiger partial charge in [0.2, 0.25) is 0 Å². The number of hydrogen-bond acceptors (Lipinski definition) is 2. The second-order valence-electron chi connectivity index (χ2n) is 13.6. The van der Waals surface area contributed by atoms with Crippen molar-refractivity contribution in [3.05, 3.63) is 193 Å². The van der Waals surface area contributed by atoms with Crippen LogP contribution in [0.1, 0.15) is 11.1 Å². The first-order valence-electron chi connectivity index (χ1n) is 18.0. The maximum Gasteiger partial charge on any atom is 0.101 e. The van der Waals surface area contributed by atoms with Crippen LogP contribution in [0.3, 0.4) is 0 Å². The molecule has 2 heterocycles. The van der Waals surface area contributed by atoms with Crippen molar-refractivity contribution < 1.29 is 0 Å². The van der Waals surface area contributed by atoms with E-state index in [9.17, 15) is 10.5 Å². The van der Waals surface area contributed by atoms with Gasteiger partial charge in [-0.1, -0.05) is 109 Å². The van der Waals surface area contributed by atoms with E-state index in [2.05, 4.69) is 179 Å². The lowest BCUT2D eigenvalue weighted by molar-refractivity contribution is 1.16.